The molecule has 1 unspecified atom stereocenters. The van der Waals surface area contributed by atoms with E-state index in [1.54, 1.807) is 0 Å². The van der Waals surface area contributed by atoms with E-state index in [2.05, 4.69) is 35.1 Å². The van der Waals surface area contributed by atoms with Crippen molar-refractivity contribution in [3.8, 4) is 0 Å². The molecule has 1 heterocycles. The molecule has 60 valence electrons. The molecule has 2 aromatic rings. The van der Waals surface area contributed by atoms with Crippen LogP contribution in [-0.2, 0) is 6.42 Å². The summed E-state index contributed by atoms with van der Waals surface area (Å²) in [7, 11) is 0.656. The van der Waals surface area contributed by atoms with Gasteiger partial charge in [-0.3, -0.25) is 0 Å². The minimum Gasteiger partial charge on any atom is -0.249 e. The Bertz CT molecular complexity index is 326. The van der Waals surface area contributed by atoms with Crippen LogP contribution in [0.5, 0.6) is 0 Å². The summed E-state index contributed by atoms with van der Waals surface area (Å²) in [5, 5.41) is 1.43. The Kier molecular flexibility index (Phi) is 2.24. The fourth-order valence-corrected chi connectivity index (χ4v) is 1.95. The van der Waals surface area contributed by atoms with Crippen molar-refractivity contribution in [2.24, 2.45) is 0 Å². The van der Waals surface area contributed by atoms with E-state index >= 15 is 0 Å². The Morgan fingerprint density at radius 3 is 2.58 bits per heavy atom. The molecule has 1 aromatic heterocycles. The summed E-state index contributed by atoms with van der Waals surface area (Å²) >= 11 is 0. The summed E-state index contributed by atoms with van der Waals surface area (Å²) in [4.78, 5) is 0. The molecule has 2 rings (SSSR count). The van der Waals surface area contributed by atoms with E-state index in [-0.39, 0.29) is 0 Å². The van der Waals surface area contributed by atoms with E-state index in [9.17, 15) is 0 Å². The van der Waals surface area contributed by atoms with Crippen molar-refractivity contribution in [2.45, 2.75) is 6.42 Å². The summed E-state index contributed by atoms with van der Waals surface area (Å²) < 4.78 is 4.17. The fraction of sp³-hybridized carbons (Fsp3) is 0.100. The lowest BCUT2D eigenvalue weighted by Gasteiger charge is -1.96. The van der Waals surface area contributed by atoms with Gasteiger partial charge in [0.1, 0.15) is 0 Å². The highest BCUT2D eigenvalue weighted by atomic mass is 31.0. The molecule has 1 atom stereocenters. The predicted octanol–water partition coefficient (Wildman–Crippen LogP) is 2.70. The molecule has 0 bridgehead atoms. The second-order valence-corrected chi connectivity index (χ2v) is 3.87. The van der Waals surface area contributed by atoms with Crippen molar-refractivity contribution in [3.05, 3.63) is 53.5 Å². The van der Waals surface area contributed by atoms with Gasteiger partial charge in [-0.05, 0) is 25.3 Å². The third-order valence-corrected chi connectivity index (χ3v) is 2.70. The Balaban J connectivity index is 2.15. The summed E-state index contributed by atoms with van der Waals surface area (Å²) in [6.45, 7) is 0. The first-order valence-corrected chi connectivity index (χ1v) is 4.92. The normalized spacial score (nSPS) is 10.7. The summed E-state index contributed by atoms with van der Waals surface area (Å²) in [6, 6.07) is 12.6. The molecule has 2 heteroatoms. The standard InChI is InChI=1S/C10H10NP/c1-2-4-9(5-3-1)8-10-6-7-11-12-10/h1-7,12H,8H2. The Hall–Kier alpha value is -1.07. The Morgan fingerprint density at radius 1 is 1.08 bits per heavy atom. The van der Waals surface area contributed by atoms with Gasteiger partial charge in [0.2, 0.25) is 0 Å². The molecule has 0 radical (unpaired) electrons. The number of hydrogen-bond acceptors (Lipinski definition) is 1. The van der Waals surface area contributed by atoms with Gasteiger partial charge in [0.15, 0.2) is 0 Å². The number of nitrogens with zero attached hydrogens (tertiary/aromatic N) is 1. The van der Waals surface area contributed by atoms with Gasteiger partial charge in [0, 0.05) is 12.6 Å². The number of rotatable bonds is 2. The number of benzene rings is 1. The zero-order chi connectivity index (χ0) is 8.23. The molecule has 0 aliphatic heterocycles. The lowest BCUT2D eigenvalue weighted by molar-refractivity contribution is 1.24. The lowest BCUT2D eigenvalue weighted by atomic mass is 10.1. The monoisotopic (exact) mass is 175 g/mol. The summed E-state index contributed by atoms with van der Waals surface area (Å²) in [5.41, 5.74) is 1.38. The summed E-state index contributed by atoms with van der Waals surface area (Å²) in [5.74, 6) is 0. The molecular formula is C10H10NP. The summed E-state index contributed by atoms with van der Waals surface area (Å²) in [6.07, 6.45) is 2.95. The molecule has 12 heavy (non-hydrogen) atoms. The second kappa shape index (κ2) is 3.55. The van der Waals surface area contributed by atoms with Gasteiger partial charge >= 0.3 is 0 Å². The highest BCUT2D eigenvalue weighted by Crippen LogP contribution is 2.15. The minimum absolute atomic E-state index is 0.656. The van der Waals surface area contributed by atoms with Crippen LogP contribution in [0, 0.1) is 0 Å². The number of hydrogen-bond donors (Lipinski definition) is 0. The van der Waals surface area contributed by atoms with Crippen LogP contribution in [-0.4, -0.2) is 4.75 Å². The third kappa shape index (κ3) is 1.75. The van der Waals surface area contributed by atoms with E-state index in [4.69, 9.17) is 0 Å². The fourth-order valence-electron chi connectivity index (χ4n) is 1.20. The van der Waals surface area contributed by atoms with E-state index in [0.717, 1.165) is 6.42 Å². The zero-order valence-corrected chi connectivity index (χ0v) is 7.70. The van der Waals surface area contributed by atoms with Crippen molar-refractivity contribution in [1.82, 2.24) is 4.75 Å². The van der Waals surface area contributed by atoms with Crippen LogP contribution in [0.1, 0.15) is 10.9 Å². The average molecular weight is 175 g/mol. The van der Waals surface area contributed by atoms with Crippen molar-refractivity contribution in [3.63, 3.8) is 0 Å². The van der Waals surface area contributed by atoms with Crippen molar-refractivity contribution in [2.75, 3.05) is 0 Å². The van der Waals surface area contributed by atoms with Crippen molar-refractivity contribution in [1.29, 1.82) is 0 Å². The van der Waals surface area contributed by atoms with Gasteiger partial charge in [0.05, 0.1) is 0 Å². The smallest absolute Gasteiger partial charge is 0.0312 e. The first-order valence-electron chi connectivity index (χ1n) is 3.97. The largest absolute Gasteiger partial charge is 0.249 e. The maximum absolute atomic E-state index is 4.17. The van der Waals surface area contributed by atoms with Crippen molar-refractivity contribution < 1.29 is 0 Å². The van der Waals surface area contributed by atoms with Crippen LogP contribution in [0.3, 0.4) is 0 Å². The van der Waals surface area contributed by atoms with Crippen LogP contribution in [0.25, 0.3) is 0 Å². The molecule has 0 fully saturated rings. The molecular weight excluding hydrogens is 165 g/mol. The van der Waals surface area contributed by atoms with Crippen LogP contribution < -0.4 is 0 Å². The van der Waals surface area contributed by atoms with Gasteiger partial charge in [0.25, 0.3) is 0 Å². The topological polar surface area (TPSA) is 12.9 Å². The Morgan fingerprint density at radius 2 is 1.92 bits per heavy atom. The Labute approximate surface area is 73.6 Å². The van der Waals surface area contributed by atoms with Crippen LogP contribution in [0.15, 0.2) is 42.6 Å². The molecule has 0 amide bonds. The van der Waals surface area contributed by atoms with Gasteiger partial charge in [-0.15, -0.1) is 0 Å². The van der Waals surface area contributed by atoms with E-state index in [1.165, 1.54) is 10.9 Å². The highest BCUT2D eigenvalue weighted by Gasteiger charge is 1.94. The predicted molar refractivity (Wildman–Crippen MR) is 53.0 cm³/mol. The number of aromatic nitrogens is 1. The van der Waals surface area contributed by atoms with Crippen LogP contribution in [0.2, 0.25) is 0 Å². The van der Waals surface area contributed by atoms with Crippen LogP contribution in [0.4, 0.5) is 0 Å². The molecule has 1 nitrogen and oxygen atoms in total. The third-order valence-electron chi connectivity index (χ3n) is 1.80. The molecule has 0 aliphatic carbocycles. The molecule has 1 aromatic carbocycles. The van der Waals surface area contributed by atoms with Gasteiger partial charge in [-0.1, -0.05) is 30.3 Å². The molecule has 0 aliphatic rings. The average Bonchev–Trinajstić information content (AvgIpc) is 2.59. The maximum Gasteiger partial charge on any atom is 0.0312 e. The molecule has 0 saturated heterocycles. The van der Waals surface area contributed by atoms with Gasteiger partial charge in [-0.25, -0.2) is 4.75 Å². The zero-order valence-electron chi connectivity index (χ0n) is 6.70. The molecule has 0 saturated carbocycles. The lowest BCUT2D eigenvalue weighted by Crippen LogP contribution is -1.81. The van der Waals surface area contributed by atoms with E-state index in [0.29, 0.717) is 8.35 Å². The van der Waals surface area contributed by atoms with Gasteiger partial charge < -0.3 is 0 Å². The molecule has 0 spiro atoms. The van der Waals surface area contributed by atoms with E-state index in [1.807, 2.05) is 12.3 Å². The first kappa shape index (κ1) is 7.57. The SMILES string of the molecule is c1ccc(Cc2ccn[pH]2)cc1. The van der Waals surface area contributed by atoms with Gasteiger partial charge in [-0.2, -0.15) is 0 Å². The first-order chi connectivity index (χ1) is 5.95. The maximum atomic E-state index is 4.17. The van der Waals surface area contributed by atoms with Crippen LogP contribution >= 0.6 is 8.35 Å². The quantitative estimate of drug-likeness (QED) is 0.683. The van der Waals surface area contributed by atoms with Crippen molar-refractivity contribution >= 4 is 8.35 Å². The highest BCUT2D eigenvalue weighted by molar-refractivity contribution is 7.26. The minimum atomic E-state index is 0.656. The molecule has 0 N–H and O–H groups in total. The van der Waals surface area contributed by atoms with E-state index < -0.39 is 0 Å². The second-order valence-electron chi connectivity index (χ2n) is 2.74.